The zero-order valence-electron chi connectivity index (χ0n) is 16.8. The van der Waals surface area contributed by atoms with Gasteiger partial charge in [-0.25, -0.2) is 4.98 Å². The number of anilines is 1. The van der Waals surface area contributed by atoms with Gasteiger partial charge in [-0.1, -0.05) is 17.7 Å². The Labute approximate surface area is 176 Å². The van der Waals surface area contributed by atoms with Crippen molar-refractivity contribution in [2.45, 2.75) is 25.8 Å². The van der Waals surface area contributed by atoms with Crippen LogP contribution in [0.3, 0.4) is 0 Å². The van der Waals surface area contributed by atoms with Crippen molar-refractivity contribution in [2.24, 2.45) is 0 Å². The third kappa shape index (κ3) is 5.64. The molecule has 1 aromatic carbocycles. The first kappa shape index (κ1) is 21.0. The lowest BCUT2D eigenvalue weighted by atomic mass is 10.1. The van der Waals surface area contributed by atoms with Crippen LogP contribution in [0.4, 0.5) is 5.82 Å². The zero-order chi connectivity index (χ0) is 20.6. The molecule has 0 unspecified atom stereocenters. The fraction of sp³-hybridized carbons (Fsp3) is 0.364. The van der Waals surface area contributed by atoms with E-state index in [9.17, 15) is 4.79 Å². The lowest BCUT2D eigenvalue weighted by Gasteiger charge is -2.27. The van der Waals surface area contributed by atoms with Crippen molar-refractivity contribution >= 4 is 29.4 Å². The van der Waals surface area contributed by atoms with Crippen molar-refractivity contribution in [3.05, 3.63) is 52.7 Å². The molecule has 0 radical (unpaired) electrons. The number of nitrogens with zero attached hydrogens (tertiary/aromatic N) is 2. The average Bonchev–Trinajstić information content (AvgIpc) is 2.76. The van der Waals surface area contributed by atoms with Gasteiger partial charge in [0.1, 0.15) is 5.82 Å². The zero-order valence-corrected chi connectivity index (χ0v) is 17.5. The fourth-order valence-corrected chi connectivity index (χ4v) is 3.58. The molecule has 1 N–H and O–H groups in total. The number of hydrogen-bond acceptors (Lipinski definition) is 5. The molecule has 2 heterocycles. The van der Waals surface area contributed by atoms with Crippen LogP contribution in [0.2, 0.25) is 5.02 Å². The summed E-state index contributed by atoms with van der Waals surface area (Å²) in [7, 11) is 3.07. The predicted octanol–water partition coefficient (Wildman–Crippen LogP) is 4.07. The highest BCUT2D eigenvalue weighted by Gasteiger charge is 2.12. The van der Waals surface area contributed by atoms with Crippen molar-refractivity contribution in [3.8, 4) is 11.5 Å². The summed E-state index contributed by atoms with van der Waals surface area (Å²) in [6, 6.07) is 7.51. The number of carbonyl (C=O) groups is 1. The third-order valence-corrected chi connectivity index (χ3v) is 5.12. The van der Waals surface area contributed by atoms with E-state index in [4.69, 9.17) is 21.1 Å². The van der Waals surface area contributed by atoms with E-state index in [1.165, 1.54) is 32.4 Å². The Kier molecular flexibility index (Phi) is 7.36. The molecular formula is C22H26ClN3O3. The number of nitrogens with one attached hydrogen (secondary N) is 1. The molecule has 1 aliphatic heterocycles. The largest absolute Gasteiger partial charge is 0.493 e. The Morgan fingerprint density at radius 3 is 2.66 bits per heavy atom. The Bertz CT molecular complexity index is 862. The molecule has 1 amide bonds. The van der Waals surface area contributed by atoms with Gasteiger partial charge in [0.2, 0.25) is 5.91 Å². The smallest absolute Gasteiger partial charge is 0.244 e. The maximum absolute atomic E-state index is 12.2. The van der Waals surface area contributed by atoms with E-state index in [2.05, 4.69) is 15.2 Å². The number of methoxy groups -OCH3 is 2. The molecule has 0 bridgehead atoms. The van der Waals surface area contributed by atoms with Crippen molar-refractivity contribution in [1.82, 2.24) is 10.3 Å². The van der Waals surface area contributed by atoms with Gasteiger partial charge >= 0.3 is 0 Å². The van der Waals surface area contributed by atoms with E-state index < -0.39 is 0 Å². The Morgan fingerprint density at radius 1 is 1.21 bits per heavy atom. The summed E-state index contributed by atoms with van der Waals surface area (Å²) >= 11 is 6.19. The molecule has 1 fully saturated rings. The monoisotopic (exact) mass is 415 g/mol. The topological polar surface area (TPSA) is 63.7 Å². The molecule has 2 aromatic rings. The molecule has 1 saturated heterocycles. The Hall–Kier alpha value is -2.73. The summed E-state index contributed by atoms with van der Waals surface area (Å²) in [6.45, 7) is 2.55. The van der Waals surface area contributed by atoms with Gasteiger partial charge < -0.3 is 19.7 Å². The normalized spacial score (nSPS) is 14.1. The molecule has 1 aliphatic rings. The van der Waals surface area contributed by atoms with Crippen molar-refractivity contribution in [2.75, 3.05) is 32.2 Å². The second-order valence-electron chi connectivity index (χ2n) is 6.86. The summed E-state index contributed by atoms with van der Waals surface area (Å²) in [6.07, 6.45) is 8.70. The number of aromatic nitrogens is 1. The molecule has 0 aliphatic carbocycles. The van der Waals surface area contributed by atoms with Crippen LogP contribution in [0.25, 0.3) is 6.08 Å². The van der Waals surface area contributed by atoms with Crippen molar-refractivity contribution in [1.29, 1.82) is 0 Å². The molecule has 7 heteroatoms. The summed E-state index contributed by atoms with van der Waals surface area (Å²) in [5.41, 5.74) is 1.71. The Balaban J connectivity index is 1.55. The second kappa shape index (κ2) is 10.2. The van der Waals surface area contributed by atoms with Crippen LogP contribution in [0.1, 0.15) is 30.4 Å². The number of carbonyl (C=O) groups excluding carboxylic acids is 1. The molecule has 0 atom stereocenters. The van der Waals surface area contributed by atoms with Gasteiger partial charge in [-0.15, -0.1) is 0 Å². The number of rotatable bonds is 7. The minimum absolute atomic E-state index is 0.198. The first-order valence-electron chi connectivity index (χ1n) is 9.68. The molecule has 0 saturated carbocycles. The van der Waals surface area contributed by atoms with E-state index in [1.807, 2.05) is 18.3 Å². The lowest BCUT2D eigenvalue weighted by Crippen LogP contribution is -2.30. The van der Waals surface area contributed by atoms with Crippen LogP contribution >= 0.6 is 11.6 Å². The average molecular weight is 416 g/mol. The summed E-state index contributed by atoms with van der Waals surface area (Å²) in [4.78, 5) is 19.0. The first-order valence-corrected chi connectivity index (χ1v) is 10.1. The fourth-order valence-electron chi connectivity index (χ4n) is 3.29. The number of hydrogen-bond donors (Lipinski definition) is 1. The number of amides is 1. The van der Waals surface area contributed by atoms with Gasteiger partial charge in [0.05, 0.1) is 19.2 Å². The van der Waals surface area contributed by atoms with Gasteiger partial charge in [-0.2, -0.15) is 0 Å². The van der Waals surface area contributed by atoms with Gasteiger partial charge in [0.25, 0.3) is 0 Å². The number of piperidine rings is 1. The molecule has 6 nitrogen and oxygen atoms in total. The summed E-state index contributed by atoms with van der Waals surface area (Å²) in [5, 5.41) is 3.29. The highest BCUT2D eigenvalue weighted by atomic mass is 35.5. The maximum atomic E-state index is 12.2. The first-order chi connectivity index (χ1) is 14.1. The number of ether oxygens (including phenoxy) is 2. The summed E-state index contributed by atoms with van der Waals surface area (Å²) < 4.78 is 10.5. The van der Waals surface area contributed by atoms with Crippen molar-refractivity contribution in [3.63, 3.8) is 0 Å². The second-order valence-corrected chi connectivity index (χ2v) is 7.27. The van der Waals surface area contributed by atoms with E-state index in [0.717, 1.165) is 30.0 Å². The third-order valence-electron chi connectivity index (χ3n) is 4.84. The molecular weight excluding hydrogens is 390 g/mol. The molecule has 0 spiro atoms. The van der Waals surface area contributed by atoms with Gasteiger partial charge in [0.15, 0.2) is 11.5 Å². The van der Waals surface area contributed by atoms with Gasteiger partial charge in [0, 0.05) is 31.9 Å². The van der Waals surface area contributed by atoms with Crippen LogP contribution in [0.5, 0.6) is 11.5 Å². The predicted molar refractivity (Wildman–Crippen MR) is 116 cm³/mol. The van der Waals surface area contributed by atoms with Crippen LogP contribution < -0.4 is 19.7 Å². The van der Waals surface area contributed by atoms with Crippen LogP contribution in [0.15, 0.2) is 36.5 Å². The molecule has 1 aromatic heterocycles. The maximum Gasteiger partial charge on any atom is 0.244 e. The van der Waals surface area contributed by atoms with E-state index in [0.29, 0.717) is 23.1 Å². The molecule has 154 valence electrons. The highest BCUT2D eigenvalue weighted by Crippen LogP contribution is 2.36. The van der Waals surface area contributed by atoms with Gasteiger partial charge in [-0.05, 0) is 54.7 Å². The minimum atomic E-state index is -0.198. The standard InChI is InChI=1S/C22H26ClN3O3/c1-28-19-13-16(12-18(23)22(19)29-2)7-9-21(27)25-15-17-6-8-20(24-14-17)26-10-4-3-5-11-26/h6-9,12-14H,3-5,10-11,15H2,1-2H3,(H,25,27). The summed E-state index contributed by atoms with van der Waals surface area (Å²) in [5.74, 6) is 1.79. The van der Waals surface area contributed by atoms with Crippen molar-refractivity contribution < 1.29 is 14.3 Å². The van der Waals surface area contributed by atoms with E-state index >= 15 is 0 Å². The quantitative estimate of drug-likeness (QED) is 0.690. The molecule has 29 heavy (non-hydrogen) atoms. The lowest BCUT2D eigenvalue weighted by molar-refractivity contribution is -0.116. The Morgan fingerprint density at radius 2 is 2.00 bits per heavy atom. The number of benzene rings is 1. The number of halogens is 1. The van der Waals surface area contributed by atoms with Crippen LogP contribution in [0, 0.1) is 0 Å². The molecule has 3 rings (SSSR count). The highest BCUT2D eigenvalue weighted by molar-refractivity contribution is 6.32. The van der Waals surface area contributed by atoms with Crippen LogP contribution in [-0.4, -0.2) is 38.2 Å². The number of pyridine rings is 1. The van der Waals surface area contributed by atoms with E-state index in [-0.39, 0.29) is 5.91 Å². The van der Waals surface area contributed by atoms with Crippen LogP contribution in [-0.2, 0) is 11.3 Å². The van der Waals surface area contributed by atoms with E-state index in [1.54, 1.807) is 25.3 Å². The van der Waals surface area contributed by atoms with Gasteiger partial charge in [-0.3, -0.25) is 4.79 Å². The minimum Gasteiger partial charge on any atom is -0.493 e. The SMILES string of the molecule is COc1cc(C=CC(=O)NCc2ccc(N3CCCCC3)nc2)cc(Cl)c1OC.